The highest BCUT2D eigenvalue weighted by atomic mass is 35.5. The molecule has 0 saturated carbocycles. The van der Waals surface area contributed by atoms with Crippen molar-refractivity contribution in [3.63, 3.8) is 0 Å². The van der Waals surface area contributed by atoms with Crippen LogP contribution in [-0.4, -0.2) is 93.1 Å². The monoisotopic (exact) mass is 964 g/mol. The van der Waals surface area contributed by atoms with Gasteiger partial charge in [0.15, 0.2) is 0 Å². The zero-order valence-electron chi connectivity index (χ0n) is 36.2. The molecule has 0 bridgehead atoms. The SMILES string of the molecule is C=CC(=O)NC1=C(c2n[nH]c3c2CC[C@@H](C2C(Cl)=C(OC)C=C(OCCOc4cc(OC)c(Cl)c([C@H]5CCc6c(-c7c(NC(=O)C=C)cnn7C)n[nH]c6C5)c4Cl)C2Cl)C3)N(C)N=CC1. The molecule has 4 atom stereocenters. The molecule has 3 aromatic heterocycles. The van der Waals surface area contributed by atoms with Crippen LogP contribution in [0.1, 0.15) is 59.0 Å². The number of aromatic nitrogens is 6. The van der Waals surface area contributed by atoms with Crippen LogP contribution >= 0.6 is 46.4 Å². The van der Waals surface area contributed by atoms with Crippen LogP contribution in [-0.2, 0) is 51.8 Å². The predicted octanol–water partition coefficient (Wildman–Crippen LogP) is 7.96. The molecule has 1 aliphatic heterocycles. The topological polar surface area (TPSA) is 186 Å². The molecule has 0 spiro atoms. The van der Waals surface area contributed by atoms with E-state index in [4.69, 9.17) is 70.4 Å². The number of alkyl halides is 1. The number of carbonyl (C=O) groups excluding carboxylic acids is 2. The van der Waals surface area contributed by atoms with Crippen molar-refractivity contribution in [3.05, 3.63) is 110 Å². The minimum absolute atomic E-state index is 0.0242. The maximum Gasteiger partial charge on any atom is 0.247 e. The number of amides is 2. The molecule has 65 heavy (non-hydrogen) atoms. The molecule has 2 unspecified atom stereocenters. The normalized spacial score (nSPS) is 20.4. The van der Waals surface area contributed by atoms with Gasteiger partial charge in [0.05, 0.1) is 52.3 Å². The van der Waals surface area contributed by atoms with Gasteiger partial charge in [0.25, 0.3) is 0 Å². The van der Waals surface area contributed by atoms with Gasteiger partial charge in [0.2, 0.25) is 11.8 Å². The number of nitrogens with one attached hydrogen (secondary N) is 4. The maximum atomic E-state index is 12.3. The molecule has 0 fully saturated rings. The van der Waals surface area contributed by atoms with E-state index in [0.717, 1.165) is 40.3 Å². The van der Waals surface area contributed by atoms with Crippen LogP contribution in [0.2, 0.25) is 10.0 Å². The van der Waals surface area contributed by atoms with Crippen LogP contribution in [0.15, 0.2) is 71.0 Å². The van der Waals surface area contributed by atoms with Crippen molar-refractivity contribution in [1.29, 1.82) is 0 Å². The Hall–Kier alpha value is -5.68. The lowest BCUT2D eigenvalue weighted by Gasteiger charge is -2.36. The zero-order valence-corrected chi connectivity index (χ0v) is 39.2. The minimum atomic E-state index is -0.599. The maximum absolute atomic E-state index is 12.3. The third kappa shape index (κ3) is 8.88. The summed E-state index contributed by atoms with van der Waals surface area (Å²) in [5, 5.41) is 32.8. The number of benzene rings is 1. The Kier molecular flexibility index (Phi) is 13.7. The molecule has 1 aromatic carbocycles. The number of H-pyrrole nitrogens is 2. The van der Waals surface area contributed by atoms with Crippen molar-refractivity contribution in [1.82, 2.24) is 40.5 Å². The average molecular weight is 967 g/mol. The van der Waals surface area contributed by atoms with Crippen LogP contribution in [0.4, 0.5) is 5.69 Å². The van der Waals surface area contributed by atoms with E-state index < -0.39 is 5.38 Å². The number of halogens is 4. The van der Waals surface area contributed by atoms with Gasteiger partial charge in [-0.15, -0.1) is 11.6 Å². The summed E-state index contributed by atoms with van der Waals surface area (Å²) in [7, 11) is 6.74. The number of ether oxygens (including phenoxy) is 4. The summed E-state index contributed by atoms with van der Waals surface area (Å²) in [6.45, 7) is 7.39. The quantitative estimate of drug-likeness (QED) is 0.0518. The molecule has 4 N–H and O–H groups in total. The number of hydrogen-bond donors (Lipinski definition) is 4. The number of allylic oxidation sites excluding steroid dienone is 4. The molecule has 342 valence electrons. The molecule has 0 saturated heterocycles. The molecular formula is C45H48Cl4N10O6. The summed E-state index contributed by atoms with van der Waals surface area (Å²) < 4.78 is 25.7. The van der Waals surface area contributed by atoms with Crippen molar-refractivity contribution < 1.29 is 28.5 Å². The minimum Gasteiger partial charge on any atom is -0.495 e. The fourth-order valence-electron chi connectivity index (χ4n) is 9.19. The van der Waals surface area contributed by atoms with Crippen molar-refractivity contribution in [3.8, 4) is 22.9 Å². The lowest BCUT2D eigenvalue weighted by atomic mass is 9.75. The first-order chi connectivity index (χ1) is 31.4. The van der Waals surface area contributed by atoms with E-state index in [-0.39, 0.29) is 42.8 Å². The Labute approximate surface area is 395 Å². The Balaban J connectivity index is 0.944. The molecule has 20 heteroatoms. The number of aromatic amines is 2. The Bertz CT molecular complexity index is 2680. The number of carbonyl (C=O) groups is 2. The van der Waals surface area contributed by atoms with Crippen LogP contribution < -0.4 is 20.1 Å². The van der Waals surface area contributed by atoms with E-state index in [0.29, 0.717) is 105 Å². The number of aryl methyl sites for hydroxylation is 1. The van der Waals surface area contributed by atoms with Crippen LogP contribution in [0.3, 0.4) is 0 Å². The van der Waals surface area contributed by atoms with Crippen LogP contribution in [0.25, 0.3) is 17.1 Å². The molecule has 8 rings (SSSR count). The fraction of sp³-hybridized carbons (Fsp3) is 0.378. The molecule has 4 aliphatic rings. The summed E-state index contributed by atoms with van der Waals surface area (Å²) >= 11 is 28.4. The molecule has 3 aliphatic carbocycles. The van der Waals surface area contributed by atoms with Gasteiger partial charge in [-0.05, 0) is 62.5 Å². The third-order valence-electron chi connectivity index (χ3n) is 12.3. The molecule has 4 heterocycles. The van der Waals surface area contributed by atoms with Crippen LogP contribution in [0, 0.1) is 11.8 Å². The van der Waals surface area contributed by atoms with Gasteiger partial charge in [-0.1, -0.05) is 48.0 Å². The van der Waals surface area contributed by atoms with Gasteiger partial charge in [-0.2, -0.15) is 20.4 Å². The Morgan fingerprint density at radius 3 is 2.32 bits per heavy atom. The van der Waals surface area contributed by atoms with Crippen molar-refractivity contribution in [2.45, 2.75) is 56.2 Å². The lowest BCUT2D eigenvalue weighted by Crippen LogP contribution is -2.34. The van der Waals surface area contributed by atoms with Gasteiger partial charge < -0.3 is 29.6 Å². The van der Waals surface area contributed by atoms with Crippen molar-refractivity contribution in [2.75, 3.05) is 39.8 Å². The number of fused-ring (bicyclic) bond motifs is 2. The van der Waals surface area contributed by atoms with E-state index in [9.17, 15) is 9.59 Å². The standard InChI is InChI=1S/C45H48Cl4N10O6/c1-7-34(60)52-26-13-14-50-58(3)44(26)42-24-11-9-22(17-27(24)54-56-42)36-38(46)30(62-5)19-32(40(36)48)64-15-16-65-33-20-31(63-6)39(47)37(41(33)49)23-10-12-25-28(18-23)55-57-43(25)45-29(21-51-59(45)4)53-35(61)8-2/h7-8,14,19-23,36,40H,1-2,9-13,15-18H2,3-6H3,(H,52,60)(H,53,61)(H,54,56)(H,55,57)/t22-,23+,36?,40?/m1/s1. The van der Waals surface area contributed by atoms with E-state index >= 15 is 0 Å². The first kappa shape index (κ1) is 45.9. The van der Waals surface area contributed by atoms with Gasteiger partial charge in [0, 0.05) is 72.9 Å². The highest BCUT2D eigenvalue weighted by molar-refractivity contribution is 6.38. The molecule has 16 nitrogen and oxygen atoms in total. The van der Waals surface area contributed by atoms with Gasteiger partial charge in [-0.3, -0.25) is 29.5 Å². The molecule has 2 amide bonds. The van der Waals surface area contributed by atoms with E-state index in [1.54, 1.807) is 55.5 Å². The van der Waals surface area contributed by atoms with Gasteiger partial charge >= 0.3 is 0 Å². The fourth-order valence-corrected chi connectivity index (χ4v) is 10.9. The van der Waals surface area contributed by atoms with Crippen LogP contribution in [0.5, 0.6) is 11.5 Å². The number of nitrogens with zero attached hydrogens (tertiary/aromatic N) is 6. The summed E-state index contributed by atoms with van der Waals surface area (Å²) in [5.74, 6) is 0.778. The summed E-state index contributed by atoms with van der Waals surface area (Å²) in [5.41, 5.74) is 8.79. The number of anilines is 1. The Morgan fingerprint density at radius 2 is 1.58 bits per heavy atom. The number of rotatable bonds is 15. The van der Waals surface area contributed by atoms with E-state index in [2.05, 4.69) is 49.3 Å². The first-order valence-corrected chi connectivity index (χ1v) is 22.6. The van der Waals surface area contributed by atoms with E-state index in [1.807, 2.05) is 7.05 Å². The summed E-state index contributed by atoms with van der Waals surface area (Å²) in [6.07, 6.45) is 12.0. The van der Waals surface area contributed by atoms with Crippen molar-refractivity contribution in [2.24, 2.45) is 24.0 Å². The third-order valence-corrected chi connectivity index (χ3v) is 14.0. The summed E-state index contributed by atoms with van der Waals surface area (Å²) in [6, 6.07) is 1.68. The first-order valence-electron chi connectivity index (χ1n) is 21.0. The lowest BCUT2D eigenvalue weighted by molar-refractivity contribution is -0.116. The Morgan fingerprint density at radius 1 is 0.908 bits per heavy atom. The van der Waals surface area contributed by atoms with Crippen molar-refractivity contribution >= 4 is 75.8 Å². The second-order valence-electron chi connectivity index (χ2n) is 16.0. The van der Waals surface area contributed by atoms with E-state index in [1.165, 1.54) is 12.2 Å². The second kappa shape index (κ2) is 19.4. The highest BCUT2D eigenvalue weighted by Crippen LogP contribution is 2.49. The zero-order chi connectivity index (χ0) is 46.1. The molecular weight excluding hydrogens is 918 g/mol. The smallest absolute Gasteiger partial charge is 0.247 e. The number of hydrazone groups is 1. The number of hydrogen-bond acceptors (Lipinski definition) is 11. The van der Waals surface area contributed by atoms with Gasteiger partial charge in [0.1, 0.15) is 59.0 Å². The number of methoxy groups -OCH3 is 2. The molecule has 0 radical (unpaired) electrons. The largest absolute Gasteiger partial charge is 0.495 e. The van der Waals surface area contributed by atoms with Gasteiger partial charge in [-0.25, -0.2) is 0 Å². The predicted molar refractivity (Wildman–Crippen MR) is 250 cm³/mol. The summed E-state index contributed by atoms with van der Waals surface area (Å²) in [4.78, 5) is 24.4. The molecule has 4 aromatic rings. The highest BCUT2D eigenvalue weighted by Gasteiger charge is 2.42. The second-order valence-corrected chi connectivity index (χ2v) is 17.6. The average Bonchev–Trinajstić information content (AvgIpc) is 4.02.